The summed E-state index contributed by atoms with van der Waals surface area (Å²) < 4.78 is 0. The molecule has 1 rings (SSSR count). The molecule has 0 aromatic carbocycles. The van der Waals surface area contributed by atoms with Crippen molar-refractivity contribution in [3.8, 4) is 0 Å². The molecule has 1 saturated heterocycles. The van der Waals surface area contributed by atoms with E-state index in [-0.39, 0.29) is 11.7 Å². The van der Waals surface area contributed by atoms with E-state index in [2.05, 4.69) is 21.9 Å². The first-order valence-electron chi connectivity index (χ1n) is 5.82. The van der Waals surface area contributed by atoms with Crippen molar-refractivity contribution in [1.82, 2.24) is 21.9 Å². The van der Waals surface area contributed by atoms with Crippen LogP contribution in [0.25, 0.3) is 0 Å². The van der Waals surface area contributed by atoms with E-state index < -0.39 is 0 Å². The minimum Gasteiger partial charge on any atom is -0.300 e. The van der Waals surface area contributed by atoms with E-state index in [1.807, 2.05) is 0 Å². The Bertz CT molecular complexity index is 189. The highest BCUT2D eigenvalue weighted by atomic mass is 16.2. The number of Topliss-reactive ketones (excluding diaryl/α,β-unsaturated/α-hetero) is 1. The Morgan fingerprint density at radius 1 is 0.812 bits per heavy atom. The molecule has 0 aliphatic carbocycles. The molecule has 16 heavy (non-hydrogen) atoms. The second-order valence-corrected chi connectivity index (χ2v) is 3.93. The molecule has 0 aromatic heterocycles. The summed E-state index contributed by atoms with van der Waals surface area (Å²) in [5, 5.41) is 0. The van der Waals surface area contributed by atoms with Gasteiger partial charge in [0.15, 0.2) is 0 Å². The Morgan fingerprint density at radius 2 is 1.56 bits per heavy atom. The number of carbonyl (C=O) groups is 2. The second kappa shape index (κ2) is 8.20. The highest BCUT2D eigenvalue weighted by molar-refractivity contribution is 5.78. The SMILES string of the molecule is O=C1CCCCCCC(=O)NNNNCC1. The largest absolute Gasteiger partial charge is 0.300 e. The maximum absolute atomic E-state index is 11.3. The average Bonchev–Trinajstić information content (AvgIpc) is 2.27. The number of hydrogen-bond acceptors (Lipinski definition) is 5. The van der Waals surface area contributed by atoms with Gasteiger partial charge in [0.25, 0.3) is 0 Å². The zero-order valence-corrected chi connectivity index (χ0v) is 9.47. The molecule has 0 unspecified atom stereocenters. The molecule has 0 spiro atoms. The lowest BCUT2D eigenvalue weighted by Gasteiger charge is -2.10. The van der Waals surface area contributed by atoms with E-state index in [0.29, 0.717) is 25.8 Å². The molecular formula is C10H20N4O2. The summed E-state index contributed by atoms with van der Waals surface area (Å²) in [7, 11) is 0. The number of hydrazine groups is 3. The van der Waals surface area contributed by atoms with Crippen LogP contribution < -0.4 is 21.9 Å². The highest BCUT2D eigenvalue weighted by Crippen LogP contribution is 2.06. The van der Waals surface area contributed by atoms with Crippen molar-refractivity contribution in [3.05, 3.63) is 0 Å². The molecule has 4 N–H and O–H groups in total. The predicted octanol–water partition coefficient (Wildman–Crippen LogP) is -0.0702. The van der Waals surface area contributed by atoms with Gasteiger partial charge in [0.2, 0.25) is 5.91 Å². The molecule has 0 saturated carbocycles. The Balaban J connectivity index is 2.23. The summed E-state index contributed by atoms with van der Waals surface area (Å²) in [6.45, 7) is 0.557. The van der Waals surface area contributed by atoms with Crippen LogP contribution in [-0.4, -0.2) is 18.2 Å². The first kappa shape index (κ1) is 13.1. The normalized spacial score (nSPS) is 22.2. The molecule has 1 heterocycles. The van der Waals surface area contributed by atoms with Gasteiger partial charge in [0.05, 0.1) is 0 Å². The fourth-order valence-corrected chi connectivity index (χ4v) is 1.56. The maximum Gasteiger partial charge on any atom is 0.235 e. The van der Waals surface area contributed by atoms with E-state index in [1.165, 1.54) is 0 Å². The standard InChI is InChI=1S/C10H20N4O2/c15-9-5-3-1-2-4-6-10(16)12-14-13-11-8-7-9/h11,13-14H,1-8H2,(H,12,16). The van der Waals surface area contributed by atoms with Gasteiger partial charge >= 0.3 is 0 Å². The third-order valence-corrected chi connectivity index (χ3v) is 2.49. The van der Waals surface area contributed by atoms with Gasteiger partial charge in [-0.15, -0.1) is 0 Å². The maximum atomic E-state index is 11.3. The predicted molar refractivity (Wildman–Crippen MR) is 59.7 cm³/mol. The second-order valence-electron chi connectivity index (χ2n) is 3.93. The van der Waals surface area contributed by atoms with Gasteiger partial charge in [-0.2, -0.15) is 11.1 Å². The molecule has 6 heteroatoms. The fourth-order valence-electron chi connectivity index (χ4n) is 1.56. The molecule has 1 aliphatic heterocycles. The van der Waals surface area contributed by atoms with E-state index in [1.54, 1.807) is 0 Å². The molecule has 1 amide bonds. The van der Waals surface area contributed by atoms with E-state index in [4.69, 9.17) is 0 Å². The summed E-state index contributed by atoms with van der Waals surface area (Å²) in [5.41, 5.74) is 10.4. The summed E-state index contributed by atoms with van der Waals surface area (Å²) in [6, 6.07) is 0. The lowest BCUT2D eigenvalue weighted by atomic mass is 10.1. The van der Waals surface area contributed by atoms with Crippen molar-refractivity contribution in [3.63, 3.8) is 0 Å². The van der Waals surface area contributed by atoms with Crippen LogP contribution in [0.5, 0.6) is 0 Å². The van der Waals surface area contributed by atoms with Crippen LogP contribution in [0, 0.1) is 0 Å². The first-order valence-corrected chi connectivity index (χ1v) is 5.82. The lowest BCUT2D eigenvalue weighted by molar-refractivity contribution is -0.123. The first-order chi connectivity index (χ1) is 7.79. The monoisotopic (exact) mass is 228 g/mol. The molecule has 1 aliphatic rings. The summed E-state index contributed by atoms with van der Waals surface area (Å²) in [5.74, 6) is 0.262. The van der Waals surface area contributed by atoms with Crippen LogP contribution in [0.15, 0.2) is 0 Å². The molecular weight excluding hydrogens is 208 g/mol. The molecule has 0 bridgehead atoms. The average molecular weight is 228 g/mol. The number of carbonyl (C=O) groups excluding carboxylic acids is 2. The molecule has 1 fully saturated rings. The number of rotatable bonds is 0. The zero-order chi connectivity index (χ0) is 11.6. The van der Waals surface area contributed by atoms with Gasteiger partial charge in [-0.3, -0.25) is 15.0 Å². The van der Waals surface area contributed by atoms with E-state index in [0.717, 1.165) is 25.7 Å². The van der Waals surface area contributed by atoms with Gasteiger partial charge in [0.1, 0.15) is 5.78 Å². The van der Waals surface area contributed by atoms with Crippen LogP contribution >= 0.6 is 0 Å². The highest BCUT2D eigenvalue weighted by Gasteiger charge is 2.04. The van der Waals surface area contributed by atoms with Crippen LogP contribution in [-0.2, 0) is 9.59 Å². The summed E-state index contributed by atoms with van der Waals surface area (Å²) in [4.78, 5) is 22.6. The van der Waals surface area contributed by atoms with Crippen molar-refractivity contribution in [2.75, 3.05) is 6.54 Å². The molecule has 92 valence electrons. The van der Waals surface area contributed by atoms with Crippen LogP contribution in [0.4, 0.5) is 0 Å². The van der Waals surface area contributed by atoms with Crippen LogP contribution in [0.3, 0.4) is 0 Å². The molecule has 6 nitrogen and oxygen atoms in total. The minimum absolute atomic E-state index is 0.0255. The molecule has 0 atom stereocenters. The molecule has 0 radical (unpaired) electrons. The Hall–Kier alpha value is -0.980. The summed E-state index contributed by atoms with van der Waals surface area (Å²) in [6.07, 6.45) is 5.53. The summed E-state index contributed by atoms with van der Waals surface area (Å²) >= 11 is 0. The van der Waals surface area contributed by atoms with Crippen LogP contribution in [0.1, 0.15) is 44.9 Å². The van der Waals surface area contributed by atoms with Gasteiger partial charge in [-0.05, 0) is 12.8 Å². The van der Waals surface area contributed by atoms with Crippen molar-refractivity contribution in [2.24, 2.45) is 0 Å². The van der Waals surface area contributed by atoms with Gasteiger partial charge < -0.3 is 0 Å². The zero-order valence-electron chi connectivity index (χ0n) is 9.47. The van der Waals surface area contributed by atoms with Gasteiger partial charge in [-0.1, -0.05) is 12.8 Å². The molecule has 0 aromatic rings. The van der Waals surface area contributed by atoms with Crippen molar-refractivity contribution in [1.29, 1.82) is 0 Å². The topological polar surface area (TPSA) is 82.3 Å². The lowest BCUT2D eigenvalue weighted by Crippen LogP contribution is -2.52. The Labute approximate surface area is 95.5 Å². The van der Waals surface area contributed by atoms with E-state index in [9.17, 15) is 9.59 Å². The van der Waals surface area contributed by atoms with Crippen molar-refractivity contribution in [2.45, 2.75) is 44.9 Å². The van der Waals surface area contributed by atoms with E-state index >= 15 is 0 Å². The van der Waals surface area contributed by atoms with Gasteiger partial charge in [-0.25, -0.2) is 5.43 Å². The van der Waals surface area contributed by atoms with Crippen LogP contribution in [0.2, 0.25) is 0 Å². The third kappa shape index (κ3) is 6.49. The Kier molecular flexibility index (Phi) is 6.71. The number of nitrogens with one attached hydrogen (secondary N) is 4. The number of hydrogen-bond donors (Lipinski definition) is 4. The number of amides is 1. The Morgan fingerprint density at radius 3 is 2.38 bits per heavy atom. The van der Waals surface area contributed by atoms with Gasteiger partial charge in [0, 0.05) is 25.8 Å². The fraction of sp³-hybridized carbons (Fsp3) is 0.800. The smallest absolute Gasteiger partial charge is 0.235 e. The number of ketones is 1. The minimum atomic E-state index is -0.0255. The quantitative estimate of drug-likeness (QED) is 0.466. The van der Waals surface area contributed by atoms with Crippen molar-refractivity contribution < 1.29 is 9.59 Å². The third-order valence-electron chi connectivity index (χ3n) is 2.49. The van der Waals surface area contributed by atoms with Crippen molar-refractivity contribution >= 4 is 11.7 Å².